The van der Waals surface area contributed by atoms with E-state index < -0.39 is 17.5 Å². The molecule has 2 aromatic carbocycles. The van der Waals surface area contributed by atoms with Gasteiger partial charge in [0.25, 0.3) is 5.91 Å². The molecule has 9 nitrogen and oxygen atoms in total. The average molecular weight is 492 g/mol. The molecule has 3 aromatic rings. The average Bonchev–Trinajstić information content (AvgIpc) is 3.22. The van der Waals surface area contributed by atoms with E-state index >= 15 is 0 Å². The molecular weight excluding hydrogens is 470 g/mol. The summed E-state index contributed by atoms with van der Waals surface area (Å²) in [5.74, 6) is -2.39. The Bertz CT molecular complexity index is 1380. The number of primary amides is 1. The van der Waals surface area contributed by atoms with Crippen LogP contribution in [0.3, 0.4) is 0 Å². The standard InChI is InChI=1S/C25H22F2N6O3/c26-16-7-10-20(19(27)13-16)36-18-8-5-15(6-9-18)23-22(25(30)35)24(29)33(31-23)17-3-2-12-32(14-17)21(34)4-1-11-28/h1,4-10,13,17H,2-3,12,14,29H2,(H2,30,35)/b4-1+/t17-/m1/s1. The summed E-state index contributed by atoms with van der Waals surface area (Å²) in [4.78, 5) is 26.2. The van der Waals surface area contributed by atoms with Gasteiger partial charge in [-0.3, -0.25) is 9.59 Å². The first kappa shape index (κ1) is 24.4. The highest BCUT2D eigenvalue weighted by Crippen LogP contribution is 2.33. The third kappa shape index (κ3) is 5.02. The minimum atomic E-state index is -0.843. The van der Waals surface area contributed by atoms with Gasteiger partial charge in [-0.1, -0.05) is 0 Å². The van der Waals surface area contributed by atoms with Crippen LogP contribution in [0.25, 0.3) is 11.3 Å². The number of benzene rings is 2. The fourth-order valence-corrected chi connectivity index (χ4v) is 4.11. The molecule has 0 radical (unpaired) electrons. The molecule has 184 valence electrons. The van der Waals surface area contributed by atoms with Gasteiger partial charge in [0, 0.05) is 36.9 Å². The molecular formula is C25H22F2N6O3. The van der Waals surface area contributed by atoms with Gasteiger partial charge < -0.3 is 21.1 Å². The van der Waals surface area contributed by atoms with E-state index in [0.29, 0.717) is 31.5 Å². The van der Waals surface area contributed by atoms with Gasteiger partial charge in [-0.05, 0) is 49.2 Å². The van der Waals surface area contributed by atoms with Crippen molar-refractivity contribution in [3.63, 3.8) is 0 Å². The summed E-state index contributed by atoms with van der Waals surface area (Å²) < 4.78 is 34.0. The lowest BCUT2D eigenvalue weighted by molar-refractivity contribution is -0.127. The number of carbonyl (C=O) groups excluding carboxylic acids is 2. The normalized spacial score (nSPS) is 15.6. The Morgan fingerprint density at radius 3 is 2.61 bits per heavy atom. The van der Waals surface area contributed by atoms with Crippen molar-refractivity contribution in [2.45, 2.75) is 18.9 Å². The number of hydrogen-bond donors (Lipinski definition) is 2. The minimum Gasteiger partial charge on any atom is -0.454 e. The highest BCUT2D eigenvalue weighted by Gasteiger charge is 2.29. The molecule has 2 heterocycles. The Kier molecular flexibility index (Phi) is 6.96. The van der Waals surface area contributed by atoms with Crippen molar-refractivity contribution in [1.29, 1.82) is 5.26 Å². The number of ether oxygens (including phenoxy) is 1. The monoisotopic (exact) mass is 492 g/mol. The van der Waals surface area contributed by atoms with Crippen LogP contribution in [0.5, 0.6) is 11.5 Å². The molecule has 0 spiro atoms. The predicted molar refractivity (Wildman–Crippen MR) is 127 cm³/mol. The second-order valence-electron chi connectivity index (χ2n) is 8.16. The van der Waals surface area contributed by atoms with Crippen LogP contribution in [0.2, 0.25) is 0 Å². The van der Waals surface area contributed by atoms with Gasteiger partial charge in [0.2, 0.25) is 5.91 Å². The maximum atomic E-state index is 13.9. The molecule has 1 atom stereocenters. The number of piperidine rings is 1. The van der Waals surface area contributed by atoms with E-state index in [1.54, 1.807) is 35.2 Å². The van der Waals surface area contributed by atoms with Crippen molar-refractivity contribution in [3.05, 3.63) is 71.8 Å². The summed E-state index contributed by atoms with van der Waals surface area (Å²) in [5.41, 5.74) is 12.7. The lowest BCUT2D eigenvalue weighted by atomic mass is 10.1. The van der Waals surface area contributed by atoms with Gasteiger partial charge in [0.05, 0.1) is 12.1 Å². The van der Waals surface area contributed by atoms with Crippen LogP contribution in [0.4, 0.5) is 14.6 Å². The van der Waals surface area contributed by atoms with Gasteiger partial charge in [-0.2, -0.15) is 10.4 Å². The first-order valence-corrected chi connectivity index (χ1v) is 11.0. The van der Waals surface area contributed by atoms with Crippen LogP contribution in [0, 0.1) is 23.0 Å². The fourth-order valence-electron chi connectivity index (χ4n) is 4.11. The quantitative estimate of drug-likeness (QED) is 0.398. The number of carbonyl (C=O) groups is 2. The molecule has 1 aromatic heterocycles. The Labute approximate surface area is 205 Å². The van der Waals surface area contributed by atoms with Crippen molar-refractivity contribution in [3.8, 4) is 28.8 Å². The van der Waals surface area contributed by atoms with Gasteiger partial charge in [-0.25, -0.2) is 13.5 Å². The minimum absolute atomic E-state index is 0.0427. The fraction of sp³-hybridized carbons (Fsp3) is 0.200. The van der Waals surface area contributed by atoms with Crippen molar-refractivity contribution >= 4 is 17.6 Å². The number of allylic oxidation sites excluding steroid dienone is 1. The smallest absolute Gasteiger partial charge is 0.254 e. The lowest BCUT2D eigenvalue weighted by Crippen LogP contribution is -2.40. The van der Waals surface area contributed by atoms with Crippen molar-refractivity contribution in [2.24, 2.45) is 5.73 Å². The molecule has 1 aliphatic rings. The molecule has 4 rings (SSSR count). The number of nitrogens with zero attached hydrogens (tertiary/aromatic N) is 4. The number of likely N-dealkylation sites (tertiary alicyclic amines) is 1. The predicted octanol–water partition coefficient (Wildman–Crippen LogP) is 3.54. The van der Waals surface area contributed by atoms with Crippen molar-refractivity contribution < 1.29 is 23.1 Å². The third-order valence-electron chi connectivity index (χ3n) is 5.80. The Morgan fingerprint density at radius 2 is 1.94 bits per heavy atom. The Balaban J connectivity index is 1.61. The Hall–Kier alpha value is -4.72. The number of amides is 2. The van der Waals surface area contributed by atoms with E-state index in [0.717, 1.165) is 18.2 Å². The Morgan fingerprint density at radius 1 is 1.19 bits per heavy atom. The van der Waals surface area contributed by atoms with E-state index in [9.17, 15) is 18.4 Å². The third-order valence-corrected chi connectivity index (χ3v) is 5.80. The van der Waals surface area contributed by atoms with Crippen LogP contribution >= 0.6 is 0 Å². The van der Waals surface area contributed by atoms with E-state index in [1.165, 1.54) is 16.8 Å². The molecule has 36 heavy (non-hydrogen) atoms. The van der Waals surface area contributed by atoms with Gasteiger partial charge >= 0.3 is 0 Å². The highest BCUT2D eigenvalue weighted by molar-refractivity contribution is 6.03. The zero-order valence-electron chi connectivity index (χ0n) is 19.0. The van der Waals surface area contributed by atoms with Crippen LogP contribution in [0.1, 0.15) is 29.2 Å². The van der Waals surface area contributed by atoms with Crippen molar-refractivity contribution in [1.82, 2.24) is 14.7 Å². The lowest BCUT2D eigenvalue weighted by Gasteiger charge is -2.32. The molecule has 1 fully saturated rings. The summed E-state index contributed by atoms with van der Waals surface area (Å²) in [7, 11) is 0. The molecule has 1 aliphatic heterocycles. The molecule has 0 saturated carbocycles. The van der Waals surface area contributed by atoms with Crippen LogP contribution < -0.4 is 16.2 Å². The second-order valence-corrected chi connectivity index (χ2v) is 8.16. The van der Waals surface area contributed by atoms with Gasteiger partial charge in [-0.15, -0.1) is 0 Å². The maximum absolute atomic E-state index is 13.9. The number of aromatic nitrogens is 2. The van der Waals surface area contributed by atoms with Gasteiger partial charge in [0.1, 0.15) is 28.6 Å². The maximum Gasteiger partial charge on any atom is 0.254 e. The number of rotatable bonds is 6. The van der Waals surface area contributed by atoms with Crippen molar-refractivity contribution in [2.75, 3.05) is 18.8 Å². The number of hydrogen-bond acceptors (Lipinski definition) is 6. The number of nitrogen functional groups attached to an aromatic ring is 1. The molecule has 0 unspecified atom stereocenters. The molecule has 1 saturated heterocycles. The van der Waals surface area contributed by atoms with E-state index in [4.69, 9.17) is 21.5 Å². The van der Waals surface area contributed by atoms with E-state index in [-0.39, 0.29) is 40.5 Å². The number of halogens is 2. The molecule has 2 amide bonds. The molecule has 4 N–H and O–H groups in total. The zero-order chi connectivity index (χ0) is 25.8. The summed E-state index contributed by atoms with van der Waals surface area (Å²) >= 11 is 0. The topological polar surface area (TPSA) is 140 Å². The first-order valence-electron chi connectivity index (χ1n) is 11.0. The first-order chi connectivity index (χ1) is 17.3. The number of anilines is 1. The summed E-state index contributed by atoms with van der Waals surface area (Å²) in [5, 5.41) is 13.2. The van der Waals surface area contributed by atoms with E-state index in [1.807, 2.05) is 0 Å². The van der Waals surface area contributed by atoms with Gasteiger partial charge in [0.15, 0.2) is 11.6 Å². The summed E-state index contributed by atoms with van der Waals surface area (Å²) in [6, 6.07) is 10.8. The highest BCUT2D eigenvalue weighted by atomic mass is 19.1. The number of nitrogens with two attached hydrogens (primary N) is 2. The van der Waals surface area contributed by atoms with Crippen LogP contribution in [-0.4, -0.2) is 39.6 Å². The molecule has 0 aliphatic carbocycles. The second kappa shape index (κ2) is 10.3. The molecule has 11 heteroatoms. The van der Waals surface area contributed by atoms with Crippen LogP contribution in [0.15, 0.2) is 54.6 Å². The SMILES string of the molecule is N#C/C=C/C(=O)N1CCC[C@@H](n2nc(-c3ccc(Oc4ccc(F)cc4F)cc3)c(C(N)=O)c2N)C1. The summed E-state index contributed by atoms with van der Waals surface area (Å²) in [6.07, 6.45) is 3.68. The summed E-state index contributed by atoms with van der Waals surface area (Å²) in [6.45, 7) is 0.825. The van der Waals surface area contributed by atoms with E-state index in [2.05, 4.69) is 5.10 Å². The largest absolute Gasteiger partial charge is 0.454 e. The molecule has 0 bridgehead atoms. The zero-order valence-corrected chi connectivity index (χ0v) is 19.0. The number of nitriles is 1. The van der Waals surface area contributed by atoms with Crippen LogP contribution in [-0.2, 0) is 4.79 Å².